The second kappa shape index (κ2) is 7.21. The van der Waals surface area contributed by atoms with Gasteiger partial charge in [0, 0.05) is 12.0 Å². The molecule has 5 heteroatoms. The maximum atomic E-state index is 13.0. The molecule has 1 N–H and O–H groups in total. The van der Waals surface area contributed by atoms with Crippen LogP contribution in [0.4, 0.5) is 4.79 Å². The molecule has 2 aromatic rings. The number of carbonyl (C=O) groups is 2. The zero-order valence-electron chi connectivity index (χ0n) is 16.3. The van der Waals surface area contributed by atoms with Crippen molar-refractivity contribution in [2.45, 2.75) is 50.1 Å². The molecule has 29 heavy (non-hydrogen) atoms. The van der Waals surface area contributed by atoms with Crippen molar-refractivity contribution < 1.29 is 19.4 Å². The van der Waals surface area contributed by atoms with Crippen LogP contribution in [0.5, 0.6) is 0 Å². The highest BCUT2D eigenvalue weighted by Gasteiger charge is 2.48. The maximum Gasteiger partial charge on any atom is 0.410 e. The van der Waals surface area contributed by atoms with E-state index in [9.17, 15) is 14.7 Å². The summed E-state index contributed by atoms with van der Waals surface area (Å²) in [5.41, 5.74) is 4.68. The summed E-state index contributed by atoms with van der Waals surface area (Å²) in [5.74, 6) is -0.655. The van der Waals surface area contributed by atoms with Crippen LogP contribution in [-0.2, 0) is 9.53 Å². The van der Waals surface area contributed by atoms with Gasteiger partial charge >= 0.3 is 12.1 Å². The number of benzene rings is 2. The number of amides is 1. The summed E-state index contributed by atoms with van der Waals surface area (Å²) in [6.07, 6.45) is 4.10. The first-order chi connectivity index (χ1) is 14.1. The monoisotopic (exact) mass is 391 g/mol. The summed E-state index contributed by atoms with van der Waals surface area (Å²) < 4.78 is 5.78. The SMILES string of the molecule is O=C(O)[C@@H]1C[C@@H]2CCCC[C@@H]2N1C(=O)OCC1c2ccccc2-c2ccccc21. The number of nitrogens with zero attached hydrogens (tertiary/aromatic N) is 1. The van der Waals surface area contributed by atoms with Gasteiger partial charge in [-0.1, -0.05) is 61.4 Å². The molecule has 5 rings (SSSR count). The molecule has 3 atom stereocenters. The van der Waals surface area contributed by atoms with Crippen molar-refractivity contribution in [1.29, 1.82) is 0 Å². The molecule has 1 saturated carbocycles. The van der Waals surface area contributed by atoms with Gasteiger partial charge in [0.2, 0.25) is 0 Å². The topological polar surface area (TPSA) is 66.8 Å². The molecule has 0 unspecified atom stereocenters. The van der Waals surface area contributed by atoms with Gasteiger partial charge in [-0.05, 0) is 47.4 Å². The first kappa shape index (κ1) is 18.2. The van der Waals surface area contributed by atoms with Crippen LogP contribution in [0.2, 0.25) is 0 Å². The largest absolute Gasteiger partial charge is 0.480 e. The Balaban J connectivity index is 1.37. The van der Waals surface area contributed by atoms with Gasteiger partial charge in [0.1, 0.15) is 12.6 Å². The summed E-state index contributed by atoms with van der Waals surface area (Å²) in [6, 6.07) is 15.7. The van der Waals surface area contributed by atoms with Crippen molar-refractivity contribution in [3.63, 3.8) is 0 Å². The average molecular weight is 391 g/mol. The number of carboxylic acids is 1. The van der Waals surface area contributed by atoms with Gasteiger partial charge in [0.15, 0.2) is 0 Å². The number of aliphatic carboxylic acids is 1. The second-order valence-electron chi connectivity index (χ2n) is 8.41. The minimum absolute atomic E-state index is 0.000463. The van der Waals surface area contributed by atoms with E-state index in [1.54, 1.807) is 0 Å². The lowest BCUT2D eigenvalue weighted by atomic mass is 9.85. The predicted octanol–water partition coefficient (Wildman–Crippen LogP) is 4.65. The lowest BCUT2D eigenvalue weighted by Crippen LogP contribution is -2.46. The number of ether oxygens (including phenoxy) is 1. The van der Waals surface area contributed by atoms with Gasteiger partial charge in [0.05, 0.1) is 0 Å². The number of rotatable bonds is 3. The summed E-state index contributed by atoms with van der Waals surface area (Å²) >= 11 is 0. The zero-order valence-corrected chi connectivity index (χ0v) is 16.3. The van der Waals surface area contributed by atoms with Crippen LogP contribution < -0.4 is 0 Å². The molecule has 1 amide bonds. The van der Waals surface area contributed by atoms with Crippen LogP contribution in [-0.4, -0.2) is 40.8 Å². The van der Waals surface area contributed by atoms with E-state index < -0.39 is 18.1 Å². The van der Waals surface area contributed by atoms with Gasteiger partial charge in [0.25, 0.3) is 0 Å². The van der Waals surface area contributed by atoms with E-state index in [1.807, 2.05) is 24.3 Å². The van der Waals surface area contributed by atoms with Crippen molar-refractivity contribution in [3.05, 3.63) is 59.7 Å². The molecule has 2 fully saturated rings. The van der Waals surface area contributed by atoms with E-state index in [0.717, 1.165) is 36.8 Å². The van der Waals surface area contributed by atoms with Crippen LogP contribution in [0.15, 0.2) is 48.5 Å². The number of carboxylic acid groups (broad SMARTS) is 1. The molecule has 0 bridgehead atoms. The Morgan fingerprint density at radius 3 is 2.24 bits per heavy atom. The Bertz CT molecular complexity index is 910. The molecule has 0 radical (unpaired) electrons. The second-order valence-corrected chi connectivity index (χ2v) is 8.41. The third-order valence-electron chi connectivity index (χ3n) is 6.92. The quantitative estimate of drug-likeness (QED) is 0.827. The molecule has 2 aliphatic carbocycles. The zero-order chi connectivity index (χ0) is 20.0. The summed E-state index contributed by atoms with van der Waals surface area (Å²) in [4.78, 5) is 26.4. The van der Waals surface area contributed by atoms with Crippen molar-refractivity contribution in [1.82, 2.24) is 4.90 Å². The molecule has 1 saturated heterocycles. The van der Waals surface area contributed by atoms with Crippen LogP contribution in [0, 0.1) is 5.92 Å². The molecule has 0 spiro atoms. The first-order valence-electron chi connectivity index (χ1n) is 10.5. The van der Waals surface area contributed by atoms with E-state index in [-0.39, 0.29) is 24.5 Å². The van der Waals surface area contributed by atoms with Crippen LogP contribution >= 0.6 is 0 Å². The highest BCUT2D eigenvalue weighted by molar-refractivity contribution is 5.82. The van der Waals surface area contributed by atoms with E-state index in [1.165, 1.54) is 16.0 Å². The van der Waals surface area contributed by atoms with E-state index in [2.05, 4.69) is 24.3 Å². The Kier molecular flexibility index (Phi) is 4.53. The minimum atomic E-state index is -0.923. The highest BCUT2D eigenvalue weighted by Crippen LogP contribution is 2.45. The van der Waals surface area contributed by atoms with Gasteiger partial charge in [-0.15, -0.1) is 0 Å². The van der Waals surface area contributed by atoms with Gasteiger partial charge in [-0.2, -0.15) is 0 Å². The number of fused-ring (bicyclic) bond motifs is 4. The van der Waals surface area contributed by atoms with E-state index >= 15 is 0 Å². The van der Waals surface area contributed by atoms with Crippen molar-refractivity contribution in [2.75, 3.05) is 6.61 Å². The van der Waals surface area contributed by atoms with Crippen LogP contribution in [0.3, 0.4) is 0 Å². The van der Waals surface area contributed by atoms with Crippen LogP contribution in [0.25, 0.3) is 11.1 Å². The maximum absolute atomic E-state index is 13.0. The number of hydrogen-bond donors (Lipinski definition) is 1. The van der Waals surface area contributed by atoms with Crippen molar-refractivity contribution in [2.24, 2.45) is 5.92 Å². The third-order valence-corrected chi connectivity index (χ3v) is 6.92. The molecule has 3 aliphatic rings. The highest BCUT2D eigenvalue weighted by atomic mass is 16.6. The normalized spacial score (nSPS) is 25.2. The Morgan fingerprint density at radius 1 is 0.966 bits per heavy atom. The number of likely N-dealkylation sites (tertiary alicyclic amines) is 1. The van der Waals surface area contributed by atoms with Gasteiger partial charge in [-0.25, -0.2) is 9.59 Å². The summed E-state index contributed by atoms with van der Waals surface area (Å²) in [6.45, 7) is 0.229. The molecule has 150 valence electrons. The Morgan fingerprint density at radius 2 is 1.59 bits per heavy atom. The fourth-order valence-electron chi connectivity index (χ4n) is 5.61. The van der Waals surface area contributed by atoms with Crippen molar-refractivity contribution in [3.8, 4) is 11.1 Å². The molecular weight excluding hydrogens is 366 g/mol. The first-order valence-corrected chi connectivity index (χ1v) is 10.5. The third kappa shape index (κ3) is 3.00. The summed E-state index contributed by atoms with van der Waals surface area (Å²) in [7, 11) is 0. The number of carbonyl (C=O) groups excluding carboxylic acids is 1. The fraction of sp³-hybridized carbons (Fsp3) is 0.417. The molecule has 2 aromatic carbocycles. The van der Waals surface area contributed by atoms with Gasteiger partial charge in [-0.3, -0.25) is 4.90 Å². The molecular formula is C24H25NO4. The van der Waals surface area contributed by atoms with Gasteiger partial charge < -0.3 is 9.84 Å². The Hall–Kier alpha value is -2.82. The fourth-order valence-corrected chi connectivity index (χ4v) is 5.61. The van der Waals surface area contributed by atoms with Crippen molar-refractivity contribution >= 4 is 12.1 Å². The minimum Gasteiger partial charge on any atom is -0.480 e. The number of hydrogen-bond acceptors (Lipinski definition) is 3. The van der Waals surface area contributed by atoms with E-state index in [4.69, 9.17) is 4.74 Å². The smallest absolute Gasteiger partial charge is 0.410 e. The lowest BCUT2D eigenvalue weighted by molar-refractivity contribution is -0.142. The molecule has 0 aromatic heterocycles. The standard InChI is InChI=1S/C24H25NO4/c26-23(27)22-13-15-7-1-6-12-21(15)25(22)24(28)29-14-20-18-10-4-2-8-16(18)17-9-3-5-11-19(17)20/h2-5,8-11,15,20-22H,1,6-7,12-14H2,(H,26,27)/t15-,21-,22-/m0/s1. The van der Waals surface area contributed by atoms with Crippen LogP contribution in [0.1, 0.15) is 49.1 Å². The predicted molar refractivity (Wildman–Crippen MR) is 109 cm³/mol. The molecule has 5 nitrogen and oxygen atoms in total. The summed E-state index contributed by atoms with van der Waals surface area (Å²) in [5, 5.41) is 9.67. The molecule has 1 heterocycles. The van der Waals surface area contributed by atoms with E-state index in [0.29, 0.717) is 6.42 Å². The Labute approximate surface area is 170 Å². The molecule has 1 aliphatic heterocycles. The lowest BCUT2D eigenvalue weighted by Gasteiger charge is -2.32. The average Bonchev–Trinajstić information content (AvgIpc) is 3.29.